The molecule has 0 saturated carbocycles. The monoisotopic (exact) mass is 523 g/mol. The summed E-state index contributed by atoms with van der Waals surface area (Å²) in [5.74, 6) is 0. The summed E-state index contributed by atoms with van der Waals surface area (Å²) in [6.45, 7) is 0. The normalized spacial score (nSPS) is 11.9. The van der Waals surface area contributed by atoms with E-state index in [-0.39, 0.29) is 0 Å². The first kappa shape index (κ1) is 22.1. The zero-order chi connectivity index (χ0) is 27.1. The van der Waals surface area contributed by atoms with Gasteiger partial charge in [0.15, 0.2) is 5.58 Å². The quantitative estimate of drug-likeness (QED) is 0.226. The minimum atomic E-state index is 0.648. The molecule has 3 heterocycles. The van der Waals surface area contributed by atoms with E-state index in [1.165, 1.54) is 10.8 Å². The number of hydrogen-bond acceptors (Lipinski definition) is 2. The molecular formula is C37H21N3O. The minimum Gasteiger partial charge on any atom is -0.454 e. The topological polar surface area (TPSA) is 46.8 Å². The van der Waals surface area contributed by atoms with Crippen molar-refractivity contribution in [2.45, 2.75) is 0 Å². The van der Waals surface area contributed by atoms with Gasteiger partial charge in [-0.3, -0.25) is 0 Å². The van der Waals surface area contributed by atoms with E-state index in [0.29, 0.717) is 5.56 Å². The van der Waals surface area contributed by atoms with Crippen molar-refractivity contribution >= 4 is 65.6 Å². The molecule has 0 unspecified atom stereocenters. The van der Waals surface area contributed by atoms with E-state index >= 15 is 0 Å². The van der Waals surface area contributed by atoms with Gasteiger partial charge in [0.2, 0.25) is 0 Å². The van der Waals surface area contributed by atoms with Gasteiger partial charge < -0.3 is 13.6 Å². The fourth-order valence-corrected chi connectivity index (χ4v) is 6.72. The number of nitriles is 1. The number of furan rings is 1. The second-order valence-electron chi connectivity index (χ2n) is 10.4. The smallest absolute Gasteiger partial charge is 0.159 e. The first-order chi connectivity index (χ1) is 20.3. The largest absolute Gasteiger partial charge is 0.454 e. The lowest BCUT2D eigenvalue weighted by molar-refractivity contribution is 0.666. The Bertz CT molecular complexity index is 2500. The second kappa shape index (κ2) is 8.11. The maximum Gasteiger partial charge on any atom is 0.159 e. The van der Waals surface area contributed by atoms with Crippen molar-refractivity contribution in [3.63, 3.8) is 0 Å². The van der Waals surface area contributed by atoms with E-state index < -0.39 is 0 Å². The first-order valence-electron chi connectivity index (χ1n) is 13.7. The van der Waals surface area contributed by atoms with Crippen molar-refractivity contribution in [2.24, 2.45) is 0 Å². The zero-order valence-corrected chi connectivity index (χ0v) is 21.9. The van der Waals surface area contributed by atoms with Crippen LogP contribution in [0, 0.1) is 11.3 Å². The molecule has 3 aromatic heterocycles. The third-order valence-electron chi connectivity index (χ3n) is 8.36. The van der Waals surface area contributed by atoms with Crippen LogP contribution < -0.4 is 0 Å². The van der Waals surface area contributed by atoms with Crippen molar-refractivity contribution in [3.8, 4) is 17.4 Å². The lowest BCUT2D eigenvalue weighted by Gasteiger charge is -2.11. The highest BCUT2D eigenvalue weighted by Crippen LogP contribution is 2.42. The van der Waals surface area contributed by atoms with Gasteiger partial charge in [0.05, 0.1) is 44.4 Å². The molecule has 6 aromatic carbocycles. The molecule has 0 radical (unpaired) electrons. The van der Waals surface area contributed by atoms with Crippen molar-refractivity contribution in [1.82, 2.24) is 9.13 Å². The zero-order valence-electron chi connectivity index (χ0n) is 21.9. The molecule has 0 aliphatic carbocycles. The Labute approximate surface area is 234 Å². The molecule has 0 N–H and O–H groups in total. The number of nitrogens with zero attached hydrogens (tertiary/aromatic N) is 3. The Morgan fingerprint density at radius 2 is 1.02 bits per heavy atom. The number of aromatic nitrogens is 2. The molecule has 0 saturated heterocycles. The molecule has 0 aliphatic heterocycles. The number of fused-ring (bicyclic) bond motifs is 9. The highest BCUT2D eigenvalue weighted by atomic mass is 16.3. The number of para-hydroxylation sites is 5. The van der Waals surface area contributed by atoms with E-state index in [1.807, 2.05) is 24.3 Å². The average Bonchev–Trinajstić information content (AvgIpc) is 3.69. The third-order valence-corrected chi connectivity index (χ3v) is 8.36. The Morgan fingerprint density at radius 3 is 1.73 bits per heavy atom. The van der Waals surface area contributed by atoms with E-state index in [1.54, 1.807) is 0 Å². The number of rotatable bonds is 2. The minimum absolute atomic E-state index is 0.648. The molecule has 0 bridgehead atoms. The van der Waals surface area contributed by atoms with Crippen LogP contribution in [0.3, 0.4) is 0 Å². The van der Waals surface area contributed by atoms with Crippen molar-refractivity contribution in [2.75, 3.05) is 0 Å². The Kier molecular flexibility index (Phi) is 4.37. The summed E-state index contributed by atoms with van der Waals surface area (Å²) in [5, 5.41) is 16.8. The number of hydrogen-bond donors (Lipinski definition) is 0. The van der Waals surface area contributed by atoms with Gasteiger partial charge in [-0.2, -0.15) is 5.26 Å². The van der Waals surface area contributed by atoms with Crippen LogP contribution in [-0.4, -0.2) is 9.13 Å². The predicted molar refractivity (Wildman–Crippen MR) is 167 cm³/mol. The van der Waals surface area contributed by atoms with Crippen LogP contribution in [0.5, 0.6) is 0 Å². The summed E-state index contributed by atoms with van der Waals surface area (Å²) in [5.41, 5.74) is 8.55. The molecule has 4 nitrogen and oxygen atoms in total. The highest BCUT2D eigenvalue weighted by Gasteiger charge is 2.22. The van der Waals surface area contributed by atoms with Gasteiger partial charge in [-0.15, -0.1) is 0 Å². The Balaban J connectivity index is 1.43. The molecule has 0 atom stereocenters. The molecule has 0 fully saturated rings. The summed E-state index contributed by atoms with van der Waals surface area (Å²) in [6.07, 6.45) is 0. The molecule has 9 aromatic rings. The van der Waals surface area contributed by atoms with Crippen LogP contribution in [0.25, 0.3) is 76.9 Å². The second-order valence-corrected chi connectivity index (χ2v) is 10.4. The van der Waals surface area contributed by atoms with Gasteiger partial charge in [0, 0.05) is 26.9 Å². The van der Waals surface area contributed by atoms with E-state index in [4.69, 9.17) is 4.42 Å². The highest BCUT2D eigenvalue weighted by molar-refractivity contribution is 6.17. The van der Waals surface area contributed by atoms with Crippen LogP contribution in [0.4, 0.5) is 0 Å². The molecule has 9 rings (SSSR count). The molecular weight excluding hydrogens is 502 g/mol. The number of benzene rings is 6. The summed E-state index contributed by atoms with van der Waals surface area (Å²) in [7, 11) is 0. The fraction of sp³-hybridized carbons (Fsp3) is 0. The summed E-state index contributed by atoms with van der Waals surface area (Å²) in [4.78, 5) is 0. The lowest BCUT2D eigenvalue weighted by Crippen LogP contribution is -1.96. The van der Waals surface area contributed by atoms with Crippen LogP contribution in [-0.2, 0) is 0 Å². The molecule has 0 spiro atoms. The van der Waals surface area contributed by atoms with Crippen molar-refractivity contribution < 1.29 is 4.42 Å². The van der Waals surface area contributed by atoms with Gasteiger partial charge in [-0.25, -0.2) is 0 Å². The summed E-state index contributed by atoms with van der Waals surface area (Å²) >= 11 is 0. The standard InChI is InChI=1S/C37H21N3O/c38-22-23-10-7-14-27-26-13-3-6-18-31(26)40(36(23)27)32-19-9-21-34-35(32)28-15-8-20-33(37(28)41-34)39-29-16-4-1-11-24(29)25-12-2-5-17-30(25)39/h1-21H. The summed E-state index contributed by atoms with van der Waals surface area (Å²) < 4.78 is 11.3. The van der Waals surface area contributed by atoms with Gasteiger partial charge in [0.25, 0.3) is 0 Å². The van der Waals surface area contributed by atoms with Crippen LogP contribution in [0.1, 0.15) is 5.56 Å². The molecule has 0 aliphatic rings. The maximum absolute atomic E-state index is 10.1. The first-order valence-corrected chi connectivity index (χ1v) is 13.7. The summed E-state index contributed by atoms with van der Waals surface area (Å²) in [6, 6.07) is 46.4. The predicted octanol–water partition coefficient (Wildman–Crippen LogP) is 9.65. The third kappa shape index (κ3) is 2.87. The van der Waals surface area contributed by atoms with Crippen molar-refractivity contribution in [1.29, 1.82) is 5.26 Å². The molecule has 41 heavy (non-hydrogen) atoms. The molecule has 190 valence electrons. The molecule has 0 amide bonds. The lowest BCUT2D eigenvalue weighted by atomic mass is 10.1. The average molecular weight is 524 g/mol. The Morgan fingerprint density at radius 1 is 0.488 bits per heavy atom. The van der Waals surface area contributed by atoms with E-state index in [0.717, 1.165) is 66.2 Å². The SMILES string of the molecule is N#Cc1cccc2c3ccccc3n(-c3cccc4oc5c(-n6c7ccccc7c7ccccc76)cccc5c34)c12. The maximum atomic E-state index is 10.1. The van der Waals surface area contributed by atoms with Gasteiger partial charge in [-0.05, 0) is 42.5 Å². The van der Waals surface area contributed by atoms with Gasteiger partial charge in [-0.1, -0.05) is 84.9 Å². The fourth-order valence-electron chi connectivity index (χ4n) is 6.72. The van der Waals surface area contributed by atoms with Gasteiger partial charge >= 0.3 is 0 Å². The molecule has 4 heteroatoms. The Hall–Kier alpha value is -5.79. The van der Waals surface area contributed by atoms with Crippen LogP contribution >= 0.6 is 0 Å². The van der Waals surface area contributed by atoms with Crippen molar-refractivity contribution in [3.05, 3.63) is 133 Å². The van der Waals surface area contributed by atoms with Gasteiger partial charge in [0.1, 0.15) is 11.7 Å². The van der Waals surface area contributed by atoms with Crippen LogP contribution in [0.15, 0.2) is 132 Å². The van der Waals surface area contributed by atoms with E-state index in [9.17, 15) is 5.26 Å². The van der Waals surface area contributed by atoms with E-state index in [2.05, 4.69) is 118 Å². The van der Waals surface area contributed by atoms with Crippen LogP contribution in [0.2, 0.25) is 0 Å².